The fraction of sp³-hybridized carbons (Fsp3) is 0.263. The first-order chi connectivity index (χ1) is 11.7. The molecule has 1 aliphatic heterocycles. The van der Waals surface area contributed by atoms with Gasteiger partial charge < -0.3 is 14.6 Å². The number of aromatic nitrogens is 2. The number of fused-ring (bicyclic) bond motifs is 2. The van der Waals surface area contributed by atoms with E-state index in [-0.39, 0.29) is 5.91 Å². The van der Waals surface area contributed by atoms with E-state index in [0.717, 1.165) is 30.7 Å². The highest BCUT2D eigenvalue weighted by Gasteiger charge is 2.18. The number of aryl methyl sites for hydroxylation is 1. The van der Waals surface area contributed by atoms with Gasteiger partial charge in [0.05, 0.1) is 0 Å². The summed E-state index contributed by atoms with van der Waals surface area (Å²) in [4.78, 5) is 19.0. The monoisotopic (exact) mass is 320 g/mol. The lowest BCUT2D eigenvalue weighted by atomic mass is 10.2. The van der Waals surface area contributed by atoms with Gasteiger partial charge in [0.1, 0.15) is 11.3 Å². The van der Waals surface area contributed by atoms with Gasteiger partial charge in [-0.1, -0.05) is 18.2 Å². The Balaban J connectivity index is 1.38. The summed E-state index contributed by atoms with van der Waals surface area (Å²) in [6, 6.07) is 12.4. The van der Waals surface area contributed by atoms with E-state index in [1.54, 1.807) is 6.20 Å². The van der Waals surface area contributed by atoms with Crippen LogP contribution in [0.15, 0.2) is 48.8 Å². The molecule has 0 saturated heterocycles. The number of carbonyl (C=O) groups excluding carboxylic acids is 1. The Bertz CT molecular complexity index is 899. The largest absolute Gasteiger partial charge is 0.369 e. The standard InChI is InChI=1S/C19H20N4O/c1-14-6-9-23-13-16(21-18(23)12-14)19(24)20-8-11-22-10-7-15-4-2-3-5-17(15)22/h2-6,9,12-13H,7-8,10-11H2,1H3,(H,20,24). The van der Waals surface area contributed by atoms with Crippen molar-refractivity contribution in [3.05, 3.63) is 65.6 Å². The number of hydrogen-bond donors (Lipinski definition) is 1. The number of imidazole rings is 1. The number of nitrogens with one attached hydrogen (secondary N) is 1. The average Bonchev–Trinajstić information content (AvgIpc) is 3.18. The van der Waals surface area contributed by atoms with Gasteiger partial charge in [0.2, 0.25) is 0 Å². The zero-order valence-corrected chi connectivity index (χ0v) is 13.7. The lowest BCUT2D eigenvalue weighted by molar-refractivity contribution is 0.0950. The van der Waals surface area contributed by atoms with Crippen LogP contribution in [-0.2, 0) is 6.42 Å². The lowest BCUT2D eigenvalue weighted by Gasteiger charge is -2.19. The summed E-state index contributed by atoms with van der Waals surface area (Å²) in [5, 5.41) is 2.98. The van der Waals surface area contributed by atoms with Crippen molar-refractivity contribution >= 4 is 17.2 Å². The Labute approximate surface area is 140 Å². The van der Waals surface area contributed by atoms with E-state index in [2.05, 4.69) is 39.5 Å². The van der Waals surface area contributed by atoms with Gasteiger partial charge in [0.25, 0.3) is 5.91 Å². The third-order valence-corrected chi connectivity index (χ3v) is 4.50. The summed E-state index contributed by atoms with van der Waals surface area (Å²) >= 11 is 0. The van der Waals surface area contributed by atoms with Crippen LogP contribution in [0, 0.1) is 6.92 Å². The van der Waals surface area contributed by atoms with E-state index < -0.39 is 0 Å². The Morgan fingerprint density at radius 2 is 2.17 bits per heavy atom. The second-order valence-corrected chi connectivity index (χ2v) is 6.22. The zero-order chi connectivity index (χ0) is 16.5. The van der Waals surface area contributed by atoms with Crippen molar-refractivity contribution in [3.8, 4) is 0 Å². The highest BCUT2D eigenvalue weighted by atomic mass is 16.1. The van der Waals surface area contributed by atoms with Crippen LogP contribution in [-0.4, -0.2) is 34.9 Å². The van der Waals surface area contributed by atoms with Crippen molar-refractivity contribution in [2.24, 2.45) is 0 Å². The predicted octanol–water partition coefficient (Wildman–Crippen LogP) is 2.44. The fourth-order valence-corrected chi connectivity index (χ4v) is 3.23. The Hall–Kier alpha value is -2.82. The van der Waals surface area contributed by atoms with E-state index in [9.17, 15) is 4.79 Å². The van der Waals surface area contributed by atoms with Gasteiger partial charge in [-0.15, -0.1) is 0 Å². The molecule has 0 saturated carbocycles. The Kier molecular flexibility index (Phi) is 3.69. The van der Waals surface area contributed by atoms with Crippen LogP contribution in [0.5, 0.6) is 0 Å². The van der Waals surface area contributed by atoms with Gasteiger partial charge in [-0.05, 0) is 42.7 Å². The van der Waals surface area contributed by atoms with E-state index in [4.69, 9.17) is 0 Å². The highest BCUT2D eigenvalue weighted by molar-refractivity contribution is 5.92. The molecule has 0 unspecified atom stereocenters. The minimum atomic E-state index is -0.121. The van der Waals surface area contributed by atoms with E-state index >= 15 is 0 Å². The number of carbonyl (C=O) groups is 1. The van der Waals surface area contributed by atoms with Crippen molar-refractivity contribution in [3.63, 3.8) is 0 Å². The molecule has 1 aliphatic rings. The van der Waals surface area contributed by atoms with Crippen LogP contribution in [0.4, 0.5) is 5.69 Å². The van der Waals surface area contributed by atoms with Gasteiger partial charge >= 0.3 is 0 Å². The molecule has 3 heterocycles. The second kappa shape index (κ2) is 6.00. The molecule has 5 nitrogen and oxygen atoms in total. The molecule has 122 valence electrons. The molecule has 0 atom stereocenters. The van der Waals surface area contributed by atoms with Crippen LogP contribution < -0.4 is 10.2 Å². The van der Waals surface area contributed by atoms with Crippen LogP contribution in [0.25, 0.3) is 5.65 Å². The summed E-state index contributed by atoms with van der Waals surface area (Å²) in [7, 11) is 0. The zero-order valence-electron chi connectivity index (χ0n) is 13.7. The number of anilines is 1. The summed E-state index contributed by atoms with van der Waals surface area (Å²) in [5.41, 5.74) is 5.07. The Morgan fingerprint density at radius 1 is 1.29 bits per heavy atom. The summed E-state index contributed by atoms with van der Waals surface area (Å²) in [6.45, 7) is 4.46. The molecule has 1 amide bonds. The number of nitrogens with zero attached hydrogens (tertiary/aromatic N) is 3. The molecule has 0 fully saturated rings. The van der Waals surface area contributed by atoms with Crippen molar-refractivity contribution in [2.75, 3.05) is 24.5 Å². The molecule has 3 aromatic rings. The maximum absolute atomic E-state index is 12.3. The third-order valence-electron chi connectivity index (χ3n) is 4.50. The smallest absolute Gasteiger partial charge is 0.271 e. The van der Waals surface area contributed by atoms with Gasteiger partial charge in [-0.3, -0.25) is 4.79 Å². The molecule has 5 heteroatoms. The predicted molar refractivity (Wildman–Crippen MR) is 94.6 cm³/mol. The second-order valence-electron chi connectivity index (χ2n) is 6.22. The minimum absolute atomic E-state index is 0.121. The maximum atomic E-state index is 12.3. The number of benzene rings is 1. The molecule has 24 heavy (non-hydrogen) atoms. The molecule has 0 bridgehead atoms. The molecule has 2 aromatic heterocycles. The van der Waals surface area contributed by atoms with Crippen molar-refractivity contribution in [2.45, 2.75) is 13.3 Å². The van der Waals surface area contributed by atoms with Crippen LogP contribution in [0.1, 0.15) is 21.6 Å². The van der Waals surface area contributed by atoms with Crippen LogP contribution in [0.2, 0.25) is 0 Å². The van der Waals surface area contributed by atoms with Gasteiger partial charge in [0.15, 0.2) is 0 Å². The van der Waals surface area contributed by atoms with E-state index in [1.165, 1.54) is 11.3 Å². The van der Waals surface area contributed by atoms with E-state index in [0.29, 0.717) is 12.2 Å². The molecule has 0 spiro atoms. The van der Waals surface area contributed by atoms with Crippen molar-refractivity contribution < 1.29 is 4.79 Å². The number of rotatable bonds is 4. The summed E-state index contributed by atoms with van der Waals surface area (Å²) in [6.07, 6.45) is 4.78. The van der Waals surface area contributed by atoms with Crippen LogP contribution in [0.3, 0.4) is 0 Å². The first-order valence-electron chi connectivity index (χ1n) is 8.27. The number of pyridine rings is 1. The van der Waals surface area contributed by atoms with Crippen molar-refractivity contribution in [1.29, 1.82) is 0 Å². The highest BCUT2D eigenvalue weighted by Crippen LogP contribution is 2.26. The van der Waals surface area contributed by atoms with Crippen LogP contribution >= 0.6 is 0 Å². The van der Waals surface area contributed by atoms with Crippen molar-refractivity contribution in [1.82, 2.24) is 14.7 Å². The quantitative estimate of drug-likeness (QED) is 0.803. The topological polar surface area (TPSA) is 49.6 Å². The van der Waals surface area contributed by atoms with Gasteiger partial charge in [-0.25, -0.2) is 4.98 Å². The molecular formula is C19H20N4O. The normalized spacial score (nSPS) is 13.3. The molecular weight excluding hydrogens is 300 g/mol. The first-order valence-corrected chi connectivity index (χ1v) is 8.27. The molecule has 1 aromatic carbocycles. The number of amides is 1. The Morgan fingerprint density at radius 3 is 3.08 bits per heavy atom. The fourth-order valence-electron chi connectivity index (χ4n) is 3.23. The SMILES string of the molecule is Cc1ccn2cc(C(=O)NCCN3CCc4ccccc43)nc2c1. The lowest BCUT2D eigenvalue weighted by Crippen LogP contribution is -2.34. The maximum Gasteiger partial charge on any atom is 0.271 e. The molecule has 0 radical (unpaired) electrons. The first kappa shape index (κ1) is 14.8. The summed E-state index contributed by atoms with van der Waals surface area (Å²) in [5.74, 6) is -0.121. The summed E-state index contributed by atoms with van der Waals surface area (Å²) < 4.78 is 1.87. The number of para-hydroxylation sites is 1. The molecule has 1 N–H and O–H groups in total. The number of hydrogen-bond acceptors (Lipinski definition) is 3. The minimum Gasteiger partial charge on any atom is -0.369 e. The third kappa shape index (κ3) is 2.73. The average molecular weight is 320 g/mol. The molecule has 4 rings (SSSR count). The van der Waals surface area contributed by atoms with Gasteiger partial charge in [-0.2, -0.15) is 0 Å². The van der Waals surface area contributed by atoms with Gasteiger partial charge in [0, 0.05) is 37.7 Å². The molecule has 0 aliphatic carbocycles. The van der Waals surface area contributed by atoms with E-state index in [1.807, 2.05) is 29.7 Å².